The van der Waals surface area contributed by atoms with Gasteiger partial charge in [-0.3, -0.25) is 4.79 Å². The van der Waals surface area contributed by atoms with Crippen molar-refractivity contribution >= 4 is 23.1 Å². The number of carbonyl (C=O) groups excluding carboxylic acids is 1. The van der Waals surface area contributed by atoms with Gasteiger partial charge in [-0.1, -0.05) is 33.0 Å². The first-order chi connectivity index (χ1) is 7.34. The predicted molar refractivity (Wildman–Crippen MR) is 72.3 cm³/mol. The molecule has 94 valence electrons. The second kappa shape index (κ2) is 6.18. The monoisotopic (exact) mass is 244 g/mol. The number of nitrogens with two attached hydrogens (primary N) is 1. The summed E-state index contributed by atoms with van der Waals surface area (Å²) in [5.41, 5.74) is 4.99. The number of rotatable bonds is 6. The third-order valence-corrected chi connectivity index (χ3v) is 3.98. The van der Waals surface area contributed by atoms with Gasteiger partial charge in [0.25, 0.3) is 0 Å². The van der Waals surface area contributed by atoms with E-state index in [9.17, 15) is 4.79 Å². The Kier molecular flexibility index (Phi) is 5.94. The molecule has 0 bridgehead atoms. The van der Waals surface area contributed by atoms with Crippen LogP contribution in [0.1, 0.15) is 47.0 Å². The highest BCUT2D eigenvalue weighted by Gasteiger charge is 2.38. The van der Waals surface area contributed by atoms with Gasteiger partial charge < -0.3 is 10.6 Å². The molecule has 16 heavy (non-hydrogen) atoms. The molecule has 0 saturated carbocycles. The van der Waals surface area contributed by atoms with Crippen molar-refractivity contribution in [3.05, 3.63) is 0 Å². The maximum Gasteiger partial charge on any atom is 0.235 e. The number of hydrogen-bond acceptors (Lipinski definition) is 2. The largest absolute Gasteiger partial charge is 0.392 e. The summed E-state index contributed by atoms with van der Waals surface area (Å²) in [7, 11) is 1.84. The first kappa shape index (κ1) is 15.4. The Morgan fingerprint density at radius 1 is 1.38 bits per heavy atom. The van der Waals surface area contributed by atoms with Gasteiger partial charge in [-0.05, 0) is 26.2 Å². The van der Waals surface area contributed by atoms with Gasteiger partial charge in [-0.25, -0.2) is 0 Å². The molecule has 1 unspecified atom stereocenters. The van der Waals surface area contributed by atoms with Crippen molar-refractivity contribution in [1.82, 2.24) is 4.90 Å². The van der Waals surface area contributed by atoms with E-state index in [2.05, 4.69) is 13.8 Å². The quantitative estimate of drug-likeness (QED) is 0.729. The highest BCUT2D eigenvalue weighted by molar-refractivity contribution is 7.80. The smallest absolute Gasteiger partial charge is 0.235 e. The number of amides is 1. The summed E-state index contributed by atoms with van der Waals surface area (Å²) in [5, 5.41) is 0. The molecule has 0 rings (SSSR count). The van der Waals surface area contributed by atoms with E-state index in [1.807, 2.05) is 20.9 Å². The van der Waals surface area contributed by atoms with Crippen LogP contribution in [0.2, 0.25) is 0 Å². The van der Waals surface area contributed by atoms with Gasteiger partial charge in [0.2, 0.25) is 5.91 Å². The van der Waals surface area contributed by atoms with Crippen molar-refractivity contribution in [3.8, 4) is 0 Å². The highest BCUT2D eigenvalue weighted by atomic mass is 32.1. The van der Waals surface area contributed by atoms with E-state index in [1.165, 1.54) is 0 Å². The maximum absolute atomic E-state index is 12.4. The van der Waals surface area contributed by atoms with E-state index < -0.39 is 5.41 Å². The summed E-state index contributed by atoms with van der Waals surface area (Å²) in [4.78, 5) is 14.4. The van der Waals surface area contributed by atoms with E-state index in [1.54, 1.807) is 4.90 Å². The van der Waals surface area contributed by atoms with Crippen LogP contribution in [0, 0.1) is 5.41 Å². The summed E-state index contributed by atoms with van der Waals surface area (Å²) < 4.78 is 0. The summed E-state index contributed by atoms with van der Waals surface area (Å²) in [6.45, 7) is 7.94. The lowest BCUT2D eigenvalue weighted by atomic mass is 9.85. The third kappa shape index (κ3) is 2.94. The SMILES string of the molecule is CCC(CC)N(C)C(=O)C(C)(CC)C(N)=S. The van der Waals surface area contributed by atoms with Crippen LogP contribution in [0.25, 0.3) is 0 Å². The fourth-order valence-electron chi connectivity index (χ4n) is 1.82. The van der Waals surface area contributed by atoms with Gasteiger partial charge >= 0.3 is 0 Å². The van der Waals surface area contributed by atoms with E-state index in [0.717, 1.165) is 12.8 Å². The zero-order valence-electron chi connectivity index (χ0n) is 11.0. The first-order valence-corrected chi connectivity index (χ1v) is 6.33. The van der Waals surface area contributed by atoms with Crippen LogP contribution in [0.4, 0.5) is 0 Å². The lowest BCUT2D eigenvalue weighted by Gasteiger charge is -2.35. The Labute approximate surface area is 104 Å². The minimum absolute atomic E-state index is 0.0381. The second-order valence-corrected chi connectivity index (χ2v) is 4.88. The van der Waals surface area contributed by atoms with Gasteiger partial charge in [0.15, 0.2) is 0 Å². The van der Waals surface area contributed by atoms with Gasteiger partial charge in [0.05, 0.1) is 10.4 Å². The molecule has 0 aromatic carbocycles. The number of thiocarbonyl (C=S) groups is 1. The molecule has 4 heteroatoms. The Morgan fingerprint density at radius 2 is 1.81 bits per heavy atom. The average molecular weight is 244 g/mol. The summed E-state index contributed by atoms with van der Waals surface area (Å²) in [5.74, 6) is 0.0381. The molecule has 0 saturated heterocycles. The van der Waals surface area contributed by atoms with Crippen LogP contribution < -0.4 is 5.73 Å². The molecule has 0 aliphatic heterocycles. The van der Waals surface area contributed by atoms with E-state index in [4.69, 9.17) is 18.0 Å². The van der Waals surface area contributed by atoms with Crippen molar-refractivity contribution in [2.75, 3.05) is 7.05 Å². The minimum atomic E-state index is -0.702. The zero-order chi connectivity index (χ0) is 12.9. The average Bonchev–Trinajstić information content (AvgIpc) is 2.28. The first-order valence-electron chi connectivity index (χ1n) is 5.92. The fraction of sp³-hybridized carbons (Fsp3) is 0.833. The third-order valence-electron chi connectivity index (χ3n) is 3.53. The molecule has 0 radical (unpaired) electrons. The van der Waals surface area contributed by atoms with Crippen molar-refractivity contribution in [2.45, 2.75) is 53.0 Å². The summed E-state index contributed by atoms with van der Waals surface area (Å²) >= 11 is 5.01. The molecule has 0 heterocycles. The maximum atomic E-state index is 12.4. The standard InChI is InChI=1S/C12H24N2OS/c1-6-9(7-2)14(5)11(15)12(4,8-3)10(13)16/h9H,6-8H2,1-5H3,(H2,13,16). The molecule has 0 aliphatic rings. The molecule has 0 aliphatic carbocycles. The van der Waals surface area contributed by atoms with E-state index >= 15 is 0 Å². The van der Waals surface area contributed by atoms with Crippen LogP contribution >= 0.6 is 12.2 Å². The highest BCUT2D eigenvalue weighted by Crippen LogP contribution is 2.26. The normalized spacial score (nSPS) is 14.6. The van der Waals surface area contributed by atoms with Crippen LogP contribution in [-0.4, -0.2) is 28.9 Å². The Hall–Kier alpha value is -0.640. The van der Waals surface area contributed by atoms with Crippen LogP contribution in [0.3, 0.4) is 0 Å². The lowest BCUT2D eigenvalue weighted by molar-refractivity contribution is -0.138. The lowest BCUT2D eigenvalue weighted by Crippen LogP contribution is -2.50. The summed E-state index contributed by atoms with van der Waals surface area (Å²) in [6.07, 6.45) is 2.55. The van der Waals surface area contributed by atoms with Crippen molar-refractivity contribution in [2.24, 2.45) is 11.1 Å². The Balaban J connectivity index is 4.96. The molecule has 3 nitrogen and oxygen atoms in total. The van der Waals surface area contributed by atoms with Crippen LogP contribution in [0.15, 0.2) is 0 Å². The van der Waals surface area contributed by atoms with Gasteiger partial charge in [-0.15, -0.1) is 0 Å². The number of hydrogen-bond donors (Lipinski definition) is 1. The minimum Gasteiger partial charge on any atom is -0.392 e. The van der Waals surface area contributed by atoms with Crippen LogP contribution in [-0.2, 0) is 4.79 Å². The van der Waals surface area contributed by atoms with E-state index in [-0.39, 0.29) is 16.9 Å². The molecule has 2 N–H and O–H groups in total. The number of nitrogens with zero attached hydrogens (tertiary/aromatic N) is 1. The molecule has 0 fully saturated rings. The molecule has 0 aromatic rings. The molecular weight excluding hydrogens is 220 g/mol. The van der Waals surface area contributed by atoms with Crippen molar-refractivity contribution in [3.63, 3.8) is 0 Å². The molecule has 1 atom stereocenters. The van der Waals surface area contributed by atoms with E-state index in [0.29, 0.717) is 6.42 Å². The topological polar surface area (TPSA) is 46.3 Å². The Morgan fingerprint density at radius 3 is 2.06 bits per heavy atom. The van der Waals surface area contributed by atoms with Crippen molar-refractivity contribution < 1.29 is 4.79 Å². The van der Waals surface area contributed by atoms with Gasteiger partial charge in [-0.2, -0.15) is 0 Å². The van der Waals surface area contributed by atoms with Gasteiger partial charge in [0, 0.05) is 13.1 Å². The predicted octanol–water partition coefficient (Wildman–Crippen LogP) is 2.34. The second-order valence-electron chi connectivity index (χ2n) is 4.44. The van der Waals surface area contributed by atoms with Crippen molar-refractivity contribution in [1.29, 1.82) is 0 Å². The molecule has 0 aromatic heterocycles. The molecular formula is C12H24N2OS. The molecule has 1 amide bonds. The zero-order valence-corrected chi connectivity index (χ0v) is 11.9. The molecule has 0 spiro atoms. The Bertz CT molecular complexity index is 264. The van der Waals surface area contributed by atoms with Gasteiger partial charge in [0.1, 0.15) is 0 Å². The summed E-state index contributed by atoms with van der Waals surface area (Å²) in [6, 6.07) is 0.271. The fourth-order valence-corrected chi connectivity index (χ4v) is 2.05. The van der Waals surface area contributed by atoms with Crippen LogP contribution in [0.5, 0.6) is 0 Å². The number of carbonyl (C=O) groups is 1.